The summed E-state index contributed by atoms with van der Waals surface area (Å²) < 4.78 is 7.14. The number of methoxy groups -OCH3 is 1. The van der Waals surface area contributed by atoms with Gasteiger partial charge in [0.25, 0.3) is 11.5 Å². The zero-order valence-electron chi connectivity index (χ0n) is 21.6. The van der Waals surface area contributed by atoms with Gasteiger partial charge in [-0.05, 0) is 31.7 Å². The monoisotopic (exact) mass is 509 g/mol. The average molecular weight is 510 g/mol. The van der Waals surface area contributed by atoms with Crippen LogP contribution in [0.5, 0.6) is 5.75 Å². The van der Waals surface area contributed by atoms with Gasteiger partial charge in [-0.1, -0.05) is 19.4 Å². The SMILES string of the molecule is CCC[C@@H](CO)Nc1nc(N)nc2ccn(Cc3ccc(C(=O)N4CCN(C)CC4)cc3OC)c(=O)c12. The molecule has 2 aromatic heterocycles. The number of rotatable bonds is 9. The molecule has 4 rings (SSSR count). The standard InChI is InChI=1S/C26H35N7O4/c1-4-5-19(16-34)28-23-22-20(29-26(27)30-23)8-9-33(25(22)36)15-18-7-6-17(14-21(18)37-3)24(35)32-12-10-31(2)11-13-32/h6-9,14,19,34H,4-5,10-13,15-16H2,1-3H3,(H3,27,28,29,30)/t19-/m0/s1. The largest absolute Gasteiger partial charge is 0.496 e. The second kappa shape index (κ2) is 11.6. The minimum absolute atomic E-state index is 0.0307. The smallest absolute Gasteiger partial charge is 0.264 e. The highest BCUT2D eigenvalue weighted by Gasteiger charge is 2.22. The van der Waals surface area contributed by atoms with E-state index in [9.17, 15) is 14.7 Å². The van der Waals surface area contributed by atoms with Crippen molar-refractivity contribution in [3.05, 3.63) is 51.9 Å². The zero-order chi connectivity index (χ0) is 26.5. The van der Waals surface area contributed by atoms with Crippen LogP contribution in [0.4, 0.5) is 11.8 Å². The number of fused-ring (bicyclic) bond motifs is 1. The van der Waals surface area contributed by atoms with E-state index >= 15 is 0 Å². The molecule has 1 aromatic carbocycles. The van der Waals surface area contributed by atoms with Gasteiger partial charge < -0.3 is 35.3 Å². The maximum Gasteiger partial charge on any atom is 0.264 e. The maximum absolute atomic E-state index is 13.5. The summed E-state index contributed by atoms with van der Waals surface area (Å²) in [4.78, 5) is 39.1. The second-order valence-corrected chi connectivity index (χ2v) is 9.37. The lowest BCUT2D eigenvalue weighted by Gasteiger charge is -2.32. The summed E-state index contributed by atoms with van der Waals surface area (Å²) in [6.45, 7) is 5.19. The highest BCUT2D eigenvalue weighted by molar-refractivity contribution is 5.95. The molecular formula is C26H35N7O4. The van der Waals surface area contributed by atoms with Crippen molar-refractivity contribution in [2.75, 3.05) is 58.0 Å². The first-order chi connectivity index (χ1) is 17.8. The predicted molar refractivity (Wildman–Crippen MR) is 143 cm³/mol. The third kappa shape index (κ3) is 5.83. The van der Waals surface area contributed by atoms with Crippen LogP contribution >= 0.6 is 0 Å². The van der Waals surface area contributed by atoms with E-state index in [1.54, 1.807) is 36.1 Å². The van der Waals surface area contributed by atoms with Crippen molar-refractivity contribution in [2.24, 2.45) is 0 Å². The number of aliphatic hydroxyl groups is 1. The van der Waals surface area contributed by atoms with Gasteiger partial charge in [-0.15, -0.1) is 0 Å². The Morgan fingerprint density at radius 1 is 1.22 bits per heavy atom. The summed E-state index contributed by atoms with van der Waals surface area (Å²) in [6, 6.07) is 6.78. The van der Waals surface area contributed by atoms with Crippen LogP contribution in [0.1, 0.15) is 35.7 Å². The number of carbonyl (C=O) groups excluding carboxylic acids is 1. The van der Waals surface area contributed by atoms with Gasteiger partial charge in [-0.3, -0.25) is 9.59 Å². The van der Waals surface area contributed by atoms with E-state index in [-0.39, 0.29) is 36.6 Å². The van der Waals surface area contributed by atoms with Gasteiger partial charge in [-0.25, -0.2) is 4.98 Å². The number of hydrogen-bond acceptors (Lipinski definition) is 9. The molecule has 0 saturated carbocycles. The summed E-state index contributed by atoms with van der Waals surface area (Å²) in [5.74, 6) is 0.844. The number of nitrogens with one attached hydrogen (secondary N) is 1. The highest BCUT2D eigenvalue weighted by atomic mass is 16.5. The van der Waals surface area contributed by atoms with Gasteiger partial charge in [0.2, 0.25) is 5.95 Å². The topological polar surface area (TPSA) is 139 Å². The first-order valence-electron chi connectivity index (χ1n) is 12.5. The number of piperazine rings is 1. The highest BCUT2D eigenvalue weighted by Crippen LogP contribution is 2.24. The van der Waals surface area contributed by atoms with Crippen molar-refractivity contribution in [3.8, 4) is 5.75 Å². The number of nitrogens with zero attached hydrogens (tertiary/aromatic N) is 5. The van der Waals surface area contributed by atoms with E-state index in [0.717, 1.165) is 25.1 Å². The van der Waals surface area contributed by atoms with Crippen LogP contribution in [0.3, 0.4) is 0 Å². The Morgan fingerprint density at radius 2 is 1.97 bits per heavy atom. The van der Waals surface area contributed by atoms with E-state index in [1.165, 1.54) is 0 Å². The number of hydrogen-bond donors (Lipinski definition) is 3. The molecule has 198 valence electrons. The molecule has 1 fully saturated rings. The van der Waals surface area contributed by atoms with Crippen LogP contribution in [-0.2, 0) is 6.54 Å². The molecule has 0 spiro atoms. The number of likely N-dealkylation sites (N-methyl/N-ethyl adjacent to an activating group) is 1. The Kier molecular flexibility index (Phi) is 8.24. The first-order valence-corrected chi connectivity index (χ1v) is 12.5. The number of aliphatic hydroxyl groups excluding tert-OH is 1. The van der Waals surface area contributed by atoms with E-state index in [2.05, 4.69) is 20.2 Å². The molecule has 1 aliphatic rings. The quantitative estimate of drug-likeness (QED) is 0.390. The van der Waals surface area contributed by atoms with Gasteiger partial charge >= 0.3 is 0 Å². The van der Waals surface area contributed by atoms with Gasteiger partial charge in [0.05, 0.1) is 31.8 Å². The normalized spacial score (nSPS) is 15.1. The van der Waals surface area contributed by atoms with Crippen molar-refractivity contribution in [2.45, 2.75) is 32.4 Å². The lowest BCUT2D eigenvalue weighted by atomic mass is 10.1. The third-order valence-electron chi connectivity index (χ3n) is 6.70. The minimum Gasteiger partial charge on any atom is -0.496 e. The number of carbonyl (C=O) groups is 1. The zero-order valence-corrected chi connectivity index (χ0v) is 21.6. The van der Waals surface area contributed by atoms with Gasteiger partial charge in [0.1, 0.15) is 17.0 Å². The Bertz CT molecular complexity index is 1320. The molecule has 0 bridgehead atoms. The van der Waals surface area contributed by atoms with Crippen LogP contribution in [-0.4, -0.2) is 88.3 Å². The summed E-state index contributed by atoms with van der Waals surface area (Å²) in [5, 5.41) is 13.2. The molecule has 0 unspecified atom stereocenters. The fraction of sp³-hybridized carbons (Fsp3) is 0.462. The fourth-order valence-electron chi connectivity index (χ4n) is 4.56. The average Bonchev–Trinajstić information content (AvgIpc) is 2.89. The van der Waals surface area contributed by atoms with E-state index < -0.39 is 0 Å². The molecule has 1 aliphatic heterocycles. The van der Waals surface area contributed by atoms with Gasteiger partial charge in [0.15, 0.2) is 0 Å². The van der Waals surface area contributed by atoms with E-state index in [4.69, 9.17) is 10.5 Å². The number of pyridine rings is 1. The maximum atomic E-state index is 13.5. The lowest BCUT2D eigenvalue weighted by molar-refractivity contribution is 0.0663. The molecule has 3 aromatic rings. The number of nitrogen functional groups attached to an aromatic ring is 1. The number of benzene rings is 1. The van der Waals surface area contributed by atoms with Crippen molar-refractivity contribution in [3.63, 3.8) is 0 Å². The molecule has 1 atom stereocenters. The molecule has 11 heteroatoms. The van der Waals surface area contributed by atoms with E-state index in [0.29, 0.717) is 47.5 Å². The minimum atomic E-state index is -0.298. The fourth-order valence-corrected chi connectivity index (χ4v) is 4.56. The number of nitrogens with two attached hydrogens (primary N) is 1. The van der Waals surface area contributed by atoms with Crippen LogP contribution in [0.2, 0.25) is 0 Å². The first kappa shape index (κ1) is 26.4. The van der Waals surface area contributed by atoms with Crippen molar-refractivity contribution in [1.29, 1.82) is 0 Å². The summed E-state index contributed by atoms with van der Waals surface area (Å²) in [7, 11) is 3.60. The Hall–Kier alpha value is -3.70. The number of amides is 1. The molecule has 1 amide bonds. The van der Waals surface area contributed by atoms with Gasteiger partial charge in [0, 0.05) is 43.5 Å². The molecule has 3 heterocycles. The van der Waals surface area contributed by atoms with Crippen LogP contribution in [0, 0.1) is 0 Å². The number of aromatic nitrogens is 3. The molecule has 37 heavy (non-hydrogen) atoms. The molecule has 0 radical (unpaired) electrons. The summed E-state index contributed by atoms with van der Waals surface area (Å²) in [6.07, 6.45) is 3.21. The number of ether oxygens (including phenoxy) is 1. The summed E-state index contributed by atoms with van der Waals surface area (Å²) in [5.41, 5.74) is 7.31. The molecule has 1 saturated heterocycles. The Morgan fingerprint density at radius 3 is 2.65 bits per heavy atom. The van der Waals surface area contributed by atoms with Crippen molar-refractivity contribution >= 4 is 28.6 Å². The van der Waals surface area contributed by atoms with Crippen LogP contribution in [0.25, 0.3) is 10.9 Å². The molecular weight excluding hydrogens is 474 g/mol. The van der Waals surface area contributed by atoms with Crippen molar-refractivity contribution in [1.82, 2.24) is 24.3 Å². The molecule has 0 aliphatic carbocycles. The predicted octanol–water partition coefficient (Wildman–Crippen LogP) is 1.39. The Labute approximate surface area is 215 Å². The number of anilines is 2. The van der Waals surface area contributed by atoms with Gasteiger partial charge in [-0.2, -0.15) is 4.98 Å². The van der Waals surface area contributed by atoms with Crippen LogP contribution in [0.15, 0.2) is 35.3 Å². The van der Waals surface area contributed by atoms with Crippen LogP contribution < -0.4 is 21.3 Å². The molecule has 11 nitrogen and oxygen atoms in total. The third-order valence-corrected chi connectivity index (χ3v) is 6.70. The second-order valence-electron chi connectivity index (χ2n) is 9.37. The lowest BCUT2D eigenvalue weighted by Crippen LogP contribution is -2.47. The van der Waals surface area contributed by atoms with Crippen molar-refractivity contribution < 1.29 is 14.6 Å². The summed E-state index contributed by atoms with van der Waals surface area (Å²) >= 11 is 0. The molecule has 4 N–H and O–H groups in total. The Balaban J connectivity index is 1.64. The van der Waals surface area contributed by atoms with E-state index in [1.807, 2.05) is 24.9 Å².